The lowest BCUT2D eigenvalue weighted by atomic mass is 10.1. The molecular weight excluding hydrogens is 1950 g/mol. The number of rotatable bonds is 10. The van der Waals surface area contributed by atoms with E-state index in [9.17, 15) is 0 Å². The van der Waals surface area contributed by atoms with Gasteiger partial charge in [0.2, 0.25) is 4.73 Å². The van der Waals surface area contributed by atoms with Gasteiger partial charge in [0.05, 0.1) is 38.6 Å². The van der Waals surface area contributed by atoms with Crippen LogP contribution < -0.4 is 0 Å². The van der Waals surface area contributed by atoms with E-state index in [1.54, 1.807) is 6.20 Å². The molecule has 18 aromatic rings. The molecule has 13 aromatic carbocycles. The van der Waals surface area contributed by atoms with Crippen LogP contribution in [0.4, 0.5) is 0 Å². The molecule has 0 N–H and O–H groups in total. The van der Waals surface area contributed by atoms with Gasteiger partial charge >= 0.3 is 0 Å². The van der Waals surface area contributed by atoms with E-state index in [0.717, 1.165) is 115 Å². The molecule has 0 fully saturated rings. The van der Waals surface area contributed by atoms with Crippen molar-refractivity contribution in [2.75, 3.05) is 0 Å². The van der Waals surface area contributed by atoms with Crippen molar-refractivity contribution in [3.63, 3.8) is 0 Å². The number of benzene rings is 13. The molecule has 0 saturated carbocycles. The highest BCUT2D eigenvalue weighted by atomic mass is 127. The van der Waals surface area contributed by atoms with E-state index >= 15 is 0 Å². The second kappa shape index (κ2) is 43.4. The molecule has 0 aliphatic carbocycles. The Balaban J connectivity index is 0.000000124. The number of fused-ring (bicyclic) bond motifs is 1. The maximum absolute atomic E-state index is 4.74. The van der Waals surface area contributed by atoms with Crippen LogP contribution >= 0.6 is 125 Å². The Morgan fingerprint density at radius 2 is 0.531 bits per heavy atom. The number of hydrogen-bond acceptors (Lipinski definition) is 10. The maximum Gasteiger partial charge on any atom is 0.200 e. The van der Waals surface area contributed by atoms with Crippen LogP contribution in [0.25, 0.3) is 124 Å². The molecule has 0 unspecified atom stereocenters. The van der Waals surface area contributed by atoms with Crippen molar-refractivity contribution in [2.45, 2.75) is 0 Å². The second-order valence-corrected chi connectivity index (χ2v) is 30.8. The third-order valence-electron chi connectivity index (χ3n) is 16.5. The fourth-order valence-corrected chi connectivity index (χ4v) is 14.2. The van der Waals surface area contributed by atoms with Gasteiger partial charge in [-0.05, 0) is 162 Å². The van der Waals surface area contributed by atoms with E-state index in [0.29, 0.717) is 21.1 Å². The van der Waals surface area contributed by atoms with Crippen LogP contribution in [0.15, 0.2) is 430 Å². The molecule has 10 nitrogen and oxygen atoms in total. The lowest BCUT2D eigenvalue weighted by Crippen LogP contribution is -1.97. The fourth-order valence-electron chi connectivity index (χ4n) is 11.1. The Kier molecular flexibility index (Phi) is 31.5. The van der Waals surface area contributed by atoms with Crippen LogP contribution in [-0.2, 0) is 0 Å². The highest BCUT2D eigenvalue weighted by molar-refractivity contribution is 14.1. The quantitative estimate of drug-likeness (QED) is 0.0741. The first-order chi connectivity index (χ1) is 55.4. The first-order valence-electron chi connectivity index (χ1n) is 35.5. The van der Waals surface area contributed by atoms with E-state index in [4.69, 9.17) is 4.98 Å². The van der Waals surface area contributed by atoms with Crippen LogP contribution in [0.5, 0.6) is 0 Å². The standard InChI is InChI=1S/C17H12BrN.3C16H11BrN2.C15H10BrN3.C10H7I.C6H5I/c18-15-11-16(13-7-3-1-4-8-13)19-17(12-15)14-9-5-2-6-10-14;17-14-11-18-16(13-9-5-2-6-10-13)19-15(14)12-7-3-1-4-8-12;17-15-11-14(12-7-3-1-4-8-12)18-16(19-15)13-9-5-2-6-10-13;17-16-18-14(12-7-3-1-4-8-12)11-15(19-16)13-9-5-2-6-10-13;16-15-18-13(11-7-3-1-4-8-11)17-14(19-15)12-9-5-2-6-10-12;11-10-7-3-5-8-4-1-2-6-9(8)10;7-6-4-2-1-3-5-6/h1-12H;3*1-11H;1-10H;1-7H;1-5H. The summed E-state index contributed by atoms with van der Waals surface area (Å²) in [5, 5.41) is 2.66. The molecule has 5 aromatic heterocycles. The molecule has 0 aliphatic heterocycles. The Bertz CT molecular complexity index is 5210. The SMILES string of the molecule is Brc1cc(-c2ccccc2)nc(-c2ccccc2)c1.Brc1cc(-c2ccccc2)nc(-c2ccccc2)n1.Brc1cnc(-c2ccccc2)nc1-c1ccccc1.Brc1nc(-c2ccccc2)cc(-c2ccccc2)n1.Brc1nc(-c2ccccc2)nc(-c2ccccc2)n1.Ic1cccc2ccccc12.Ic1ccccc1. The zero-order valence-electron chi connectivity index (χ0n) is 60.3. The minimum absolute atomic E-state index is 0.542. The third-order valence-corrected chi connectivity index (χ3v) is 20.3. The topological polar surface area (TPSA) is 129 Å². The highest BCUT2D eigenvalue weighted by Gasteiger charge is 2.13. The van der Waals surface area contributed by atoms with Gasteiger partial charge in [-0.1, -0.05) is 374 Å². The molecule has 17 heteroatoms. The van der Waals surface area contributed by atoms with Crippen LogP contribution in [0, 0.1) is 7.14 Å². The van der Waals surface area contributed by atoms with E-state index in [1.165, 1.54) is 17.9 Å². The molecule has 0 bridgehead atoms. The largest absolute Gasteiger partial charge is 0.248 e. The third kappa shape index (κ3) is 25.2. The summed E-state index contributed by atoms with van der Waals surface area (Å²) >= 11 is 21.9. The van der Waals surface area contributed by atoms with Gasteiger partial charge < -0.3 is 0 Å². The number of nitrogens with zero attached hydrogens (tertiary/aromatic N) is 10. The van der Waals surface area contributed by atoms with Crippen molar-refractivity contribution in [2.24, 2.45) is 0 Å². The van der Waals surface area contributed by atoms with Gasteiger partial charge in [-0.2, -0.15) is 0 Å². The minimum Gasteiger partial charge on any atom is -0.248 e. The van der Waals surface area contributed by atoms with E-state index in [-0.39, 0.29) is 0 Å². The normalized spacial score (nSPS) is 10.3. The van der Waals surface area contributed by atoms with Crippen molar-refractivity contribution >= 4 is 136 Å². The summed E-state index contributed by atoms with van der Waals surface area (Å²) in [5.41, 5.74) is 16.2. The smallest absolute Gasteiger partial charge is 0.200 e. The van der Waals surface area contributed by atoms with E-state index in [1.807, 2.05) is 322 Å². The summed E-state index contributed by atoms with van der Waals surface area (Å²) in [7, 11) is 0. The lowest BCUT2D eigenvalue weighted by Gasteiger charge is -2.06. The summed E-state index contributed by atoms with van der Waals surface area (Å²) in [6.45, 7) is 0. The van der Waals surface area contributed by atoms with Gasteiger partial charge in [-0.25, -0.2) is 49.8 Å². The molecule has 0 saturated heterocycles. The molecule has 0 amide bonds. The highest BCUT2D eigenvalue weighted by Crippen LogP contribution is 2.32. The van der Waals surface area contributed by atoms with E-state index in [2.05, 4.69) is 249 Å². The molecule has 113 heavy (non-hydrogen) atoms. The lowest BCUT2D eigenvalue weighted by molar-refractivity contribution is 1.03. The predicted molar refractivity (Wildman–Crippen MR) is 499 cm³/mol. The predicted octanol–water partition coefficient (Wildman–Crippen LogP) is 28.6. The van der Waals surface area contributed by atoms with Gasteiger partial charge in [-0.15, -0.1) is 0 Å². The first-order valence-corrected chi connectivity index (χ1v) is 41.6. The van der Waals surface area contributed by atoms with Crippen molar-refractivity contribution in [3.05, 3.63) is 437 Å². The molecule has 0 aliphatic rings. The fraction of sp³-hybridized carbons (Fsp3) is 0. The number of hydrogen-bond donors (Lipinski definition) is 0. The number of aromatic nitrogens is 10. The van der Waals surface area contributed by atoms with Crippen molar-refractivity contribution < 1.29 is 0 Å². The molecule has 0 atom stereocenters. The number of halogens is 7. The Morgan fingerprint density at radius 3 is 0.912 bits per heavy atom. The van der Waals surface area contributed by atoms with Crippen LogP contribution in [-0.4, -0.2) is 49.8 Å². The second-order valence-electron chi connectivity index (χ2n) is 24.4. The average Bonchev–Trinajstić information content (AvgIpc) is 0.850. The average molecular weight is 2010 g/mol. The molecule has 5 heterocycles. The number of pyridine rings is 1. The van der Waals surface area contributed by atoms with Gasteiger partial charge in [0.25, 0.3) is 0 Å². The van der Waals surface area contributed by atoms with Crippen LogP contribution in [0.1, 0.15) is 0 Å². The van der Waals surface area contributed by atoms with Crippen LogP contribution in [0.2, 0.25) is 0 Å². The Morgan fingerprint density at radius 1 is 0.221 bits per heavy atom. The summed E-state index contributed by atoms with van der Waals surface area (Å²) in [4.78, 5) is 44.9. The molecular formula is C96H67Br5I2N10. The van der Waals surface area contributed by atoms with Crippen LogP contribution in [0.3, 0.4) is 0 Å². The Hall–Kier alpha value is -10.6. The molecule has 0 spiro atoms. The first kappa shape index (κ1) is 81.9. The maximum atomic E-state index is 4.74. The summed E-state index contributed by atoms with van der Waals surface area (Å²) in [5.74, 6) is 2.80. The Labute approximate surface area is 727 Å². The van der Waals surface area contributed by atoms with Crippen molar-refractivity contribution in [1.82, 2.24) is 49.8 Å². The summed E-state index contributed by atoms with van der Waals surface area (Å²) in [6, 6.07) is 134. The molecule has 550 valence electrons. The van der Waals surface area contributed by atoms with Crippen molar-refractivity contribution in [1.29, 1.82) is 0 Å². The zero-order chi connectivity index (χ0) is 78.2. The van der Waals surface area contributed by atoms with Crippen molar-refractivity contribution in [3.8, 4) is 113 Å². The van der Waals surface area contributed by atoms with Gasteiger partial charge in [-0.3, -0.25) is 0 Å². The van der Waals surface area contributed by atoms with Gasteiger partial charge in [0.15, 0.2) is 28.0 Å². The molecule has 18 rings (SSSR count). The zero-order valence-corrected chi connectivity index (χ0v) is 72.5. The monoisotopic (exact) mass is 2010 g/mol. The summed E-state index contributed by atoms with van der Waals surface area (Å²) < 4.78 is 6.49. The molecule has 0 radical (unpaired) electrons. The van der Waals surface area contributed by atoms with Gasteiger partial charge in [0, 0.05) is 73.4 Å². The minimum atomic E-state index is 0.542. The van der Waals surface area contributed by atoms with E-state index < -0.39 is 0 Å². The summed E-state index contributed by atoms with van der Waals surface area (Å²) in [6.07, 6.45) is 1.80. The van der Waals surface area contributed by atoms with Gasteiger partial charge in [0.1, 0.15) is 4.60 Å².